The number of amides is 2. The van der Waals surface area contributed by atoms with Crippen LogP contribution in [0.2, 0.25) is 0 Å². The van der Waals surface area contributed by atoms with Crippen molar-refractivity contribution in [3.05, 3.63) is 70.3 Å². The third-order valence-electron chi connectivity index (χ3n) is 8.50. The van der Waals surface area contributed by atoms with Crippen molar-refractivity contribution in [2.24, 2.45) is 5.73 Å². The summed E-state index contributed by atoms with van der Waals surface area (Å²) in [6.45, 7) is 6.26. The summed E-state index contributed by atoms with van der Waals surface area (Å²) in [5, 5.41) is 10.1. The molecule has 3 aliphatic rings. The van der Waals surface area contributed by atoms with E-state index < -0.39 is 0 Å². The molecule has 2 unspecified atom stereocenters. The second-order valence-corrected chi connectivity index (χ2v) is 11.5. The van der Waals surface area contributed by atoms with Crippen LogP contribution in [0.5, 0.6) is 0 Å². The summed E-state index contributed by atoms with van der Waals surface area (Å²) in [4.78, 5) is 30.9. The molecule has 3 N–H and O–H groups in total. The number of aliphatic hydroxyl groups excluding tert-OH is 1. The molecule has 0 aliphatic carbocycles. The first kappa shape index (κ1) is 25.0. The molecule has 2 bridgehead atoms. The van der Waals surface area contributed by atoms with Crippen molar-refractivity contribution in [2.45, 2.75) is 88.9 Å². The molecule has 36 heavy (non-hydrogen) atoms. The lowest BCUT2D eigenvalue weighted by atomic mass is 9.77. The standard InChI is InChI=1S/C30H39N3O3/c1-30(2)19-32(14-6-5-8-20-7-3-4-9-22(20)18-31)29(36)26-13-10-21(15-27(26)30)28(35)33-23-11-12-24(33)17-25(34)16-23/h3-4,7,9-10,13,15,23-25,34H,5-6,8,11-12,14,16-19,31H2,1-2H3/t23-,24?,25?/m0/s1. The number of aryl methyl sites for hydroxylation is 1. The zero-order valence-electron chi connectivity index (χ0n) is 21.6. The number of benzene rings is 2. The lowest BCUT2D eigenvalue weighted by Crippen LogP contribution is -2.49. The van der Waals surface area contributed by atoms with Crippen molar-refractivity contribution in [1.82, 2.24) is 9.80 Å². The fourth-order valence-corrected chi connectivity index (χ4v) is 6.66. The Morgan fingerprint density at radius 2 is 1.75 bits per heavy atom. The van der Waals surface area contributed by atoms with Crippen LogP contribution in [0.4, 0.5) is 0 Å². The maximum Gasteiger partial charge on any atom is 0.254 e. The molecule has 2 fully saturated rings. The van der Waals surface area contributed by atoms with Crippen LogP contribution in [0.1, 0.15) is 89.8 Å². The maximum atomic E-state index is 13.5. The number of unbranched alkanes of at least 4 members (excludes halogenated alkanes) is 1. The van der Waals surface area contributed by atoms with Gasteiger partial charge < -0.3 is 20.6 Å². The second-order valence-electron chi connectivity index (χ2n) is 11.5. The molecule has 3 heterocycles. The minimum atomic E-state index is -0.298. The average Bonchev–Trinajstić information content (AvgIpc) is 3.14. The summed E-state index contributed by atoms with van der Waals surface area (Å²) < 4.78 is 0. The van der Waals surface area contributed by atoms with E-state index >= 15 is 0 Å². The van der Waals surface area contributed by atoms with E-state index in [-0.39, 0.29) is 35.4 Å². The Morgan fingerprint density at radius 1 is 1.06 bits per heavy atom. The number of nitrogens with two attached hydrogens (primary N) is 1. The van der Waals surface area contributed by atoms with Crippen LogP contribution < -0.4 is 5.73 Å². The number of nitrogens with zero attached hydrogens (tertiary/aromatic N) is 2. The number of carbonyl (C=O) groups excluding carboxylic acids is 2. The normalized spacial score (nSPS) is 24.7. The first-order chi connectivity index (χ1) is 17.3. The van der Waals surface area contributed by atoms with E-state index in [1.54, 1.807) is 0 Å². The smallest absolute Gasteiger partial charge is 0.254 e. The predicted molar refractivity (Wildman–Crippen MR) is 141 cm³/mol. The first-order valence-corrected chi connectivity index (χ1v) is 13.5. The number of carbonyl (C=O) groups is 2. The van der Waals surface area contributed by atoms with Crippen LogP contribution in [0.3, 0.4) is 0 Å². The SMILES string of the molecule is CC1(C)CN(CCCCc2ccccc2CN)C(=O)c2ccc(C(=O)N3C4CC[C@H]3CC(O)C4)cc21. The Balaban J connectivity index is 1.26. The van der Waals surface area contributed by atoms with Crippen molar-refractivity contribution < 1.29 is 14.7 Å². The van der Waals surface area contributed by atoms with Gasteiger partial charge in [-0.3, -0.25) is 9.59 Å². The van der Waals surface area contributed by atoms with Crippen molar-refractivity contribution in [3.63, 3.8) is 0 Å². The lowest BCUT2D eigenvalue weighted by molar-refractivity contribution is 0.0286. The topological polar surface area (TPSA) is 86.9 Å². The second kappa shape index (κ2) is 9.98. The van der Waals surface area contributed by atoms with Gasteiger partial charge in [-0.05, 0) is 79.8 Å². The van der Waals surface area contributed by atoms with Crippen molar-refractivity contribution in [3.8, 4) is 0 Å². The van der Waals surface area contributed by atoms with Gasteiger partial charge in [-0.25, -0.2) is 0 Å². The number of rotatable bonds is 7. The molecule has 0 radical (unpaired) electrons. The lowest BCUT2D eigenvalue weighted by Gasteiger charge is -2.40. The molecule has 3 aliphatic heterocycles. The summed E-state index contributed by atoms with van der Waals surface area (Å²) >= 11 is 0. The fraction of sp³-hybridized carbons (Fsp3) is 0.533. The summed E-state index contributed by atoms with van der Waals surface area (Å²) in [5.74, 6) is 0.104. The summed E-state index contributed by atoms with van der Waals surface area (Å²) in [6.07, 6.45) is 5.90. The molecule has 3 atom stereocenters. The highest BCUT2D eigenvalue weighted by atomic mass is 16.3. The highest BCUT2D eigenvalue weighted by molar-refractivity contribution is 6.00. The molecule has 6 heteroatoms. The molecule has 0 aromatic heterocycles. The van der Waals surface area contributed by atoms with Crippen LogP contribution in [0.15, 0.2) is 42.5 Å². The molecule has 192 valence electrons. The van der Waals surface area contributed by atoms with Crippen LogP contribution in [0.25, 0.3) is 0 Å². The van der Waals surface area contributed by atoms with E-state index in [9.17, 15) is 14.7 Å². The highest BCUT2D eigenvalue weighted by Crippen LogP contribution is 2.38. The van der Waals surface area contributed by atoms with Gasteiger partial charge in [-0.2, -0.15) is 0 Å². The fourth-order valence-electron chi connectivity index (χ4n) is 6.66. The van der Waals surface area contributed by atoms with Gasteiger partial charge in [-0.15, -0.1) is 0 Å². The summed E-state index contributed by atoms with van der Waals surface area (Å²) in [6, 6.07) is 14.2. The number of piperidine rings is 1. The zero-order valence-corrected chi connectivity index (χ0v) is 21.6. The molecule has 2 saturated heterocycles. The average molecular weight is 490 g/mol. The maximum absolute atomic E-state index is 13.5. The molecular weight excluding hydrogens is 450 g/mol. The molecule has 6 nitrogen and oxygen atoms in total. The van der Waals surface area contributed by atoms with Gasteiger partial charge in [0.15, 0.2) is 0 Å². The van der Waals surface area contributed by atoms with Gasteiger partial charge in [0.2, 0.25) is 0 Å². The van der Waals surface area contributed by atoms with Crippen LogP contribution in [-0.2, 0) is 18.4 Å². The van der Waals surface area contributed by atoms with Crippen molar-refractivity contribution >= 4 is 11.8 Å². The molecule has 0 saturated carbocycles. The van der Waals surface area contributed by atoms with Crippen molar-refractivity contribution in [2.75, 3.05) is 13.1 Å². The first-order valence-electron chi connectivity index (χ1n) is 13.5. The highest BCUT2D eigenvalue weighted by Gasteiger charge is 2.43. The molecule has 2 amide bonds. The van der Waals surface area contributed by atoms with Gasteiger partial charge in [0, 0.05) is 48.3 Å². The van der Waals surface area contributed by atoms with Crippen molar-refractivity contribution in [1.29, 1.82) is 0 Å². The summed E-state index contributed by atoms with van der Waals surface area (Å²) in [5.41, 5.74) is 10.5. The van der Waals surface area contributed by atoms with E-state index in [1.807, 2.05) is 34.1 Å². The molecule has 2 aromatic rings. The van der Waals surface area contributed by atoms with Crippen LogP contribution in [0, 0.1) is 0 Å². The molecule has 2 aromatic carbocycles. The minimum absolute atomic E-state index is 0.0423. The Hall–Kier alpha value is -2.70. The molecule has 5 rings (SSSR count). The Labute approximate surface area is 214 Å². The van der Waals surface area contributed by atoms with E-state index in [0.717, 1.165) is 44.2 Å². The molecular formula is C30H39N3O3. The number of fused-ring (bicyclic) bond motifs is 3. The third-order valence-corrected chi connectivity index (χ3v) is 8.50. The van der Waals surface area contributed by atoms with Gasteiger partial charge in [-0.1, -0.05) is 38.1 Å². The van der Waals surface area contributed by atoms with E-state index in [0.29, 0.717) is 37.1 Å². The Kier molecular flexibility index (Phi) is 6.92. The largest absolute Gasteiger partial charge is 0.393 e. The van der Waals surface area contributed by atoms with Gasteiger partial charge in [0.05, 0.1) is 6.10 Å². The van der Waals surface area contributed by atoms with Gasteiger partial charge >= 0.3 is 0 Å². The van der Waals surface area contributed by atoms with Crippen LogP contribution >= 0.6 is 0 Å². The number of aliphatic hydroxyl groups is 1. The van der Waals surface area contributed by atoms with E-state index in [1.165, 1.54) is 11.1 Å². The number of hydrogen-bond acceptors (Lipinski definition) is 4. The van der Waals surface area contributed by atoms with E-state index in [2.05, 4.69) is 32.0 Å². The Morgan fingerprint density at radius 3 is 2.44 bits per heavy atom. The van der Waals surface area contributed by atoms with Crippen LogP contribution in [-0.4, -0.2) is 58.0 Å². The Bertz CT molecular complexity index is 1130. The quantitative estimate of drug-likeness (QED) is 0.575. The summed E-state index contributed by atoms with van der Waals surface area (Å²) in [7, 11) is 0. The van der Waals surface area contributed by atoms with Gasteiger partial charge in [0.1, 0.15) is 0 Å². The zero-order chi connectivity index (χ0) is 25.4. The molecule has 0 spiro atoms. The predicted octanol–water partition coefficient (Wildman–Crippen LogP) is 4.03. The monoisotopic (exact) mass is 489 g/mol. The third kappa shape index (κ3) is 4.69. The van der Waals surface area contributed by atoms with E-state index in [4.69, 9.17) is 5.73 Å². The number of hydrogen-bond donors (Lipinski definition) is 2. The van der Waals surface area contributed by atoms with Gasteiger partial charge in [0.25, 0.3) is 11.8 Å². The minimum Gasteiger partial charge on any atom is -0.393 e.